The van der Waals surface area contributed by atoms with Crippen LogP contribution >= 0.6 is 0 Å². The Morgan fingerprint density at radius 1 is 0.591 bits per heavy atom. The molecule has 0 atom stereocenters. The largest absolute Gasteiger partial charge is 0.291 e. The standard InChI is InChI=1S/C20H20N2/c1-3-9-19(10-4-1)13-7-15-21-17-18-22-16-8-14-20-11-5-2-6-12-20/h1-16H,17-18H2/b13-7+,14-8+,21-15+,22-16+. The first-order valence-corrected chi connectivity index (χ1v) is 7.38. The van der Waals surface area contributed by atoms with E-state index in [4.69, 9.17) is 0 Å². The average Bonchev–Trinajstić information content (AvgIpc) is 2.58. The van der Waals surface area contributed by atoms with E-state index in [0.29, 0.717) is 13.1 Å². The Kier molecular flexibility index (Phi) is 7.15. The van der Waals surface area contributed by atoms with Crippen molar-refractivity contribution in [2.24, 2.45) is 9.98 Å². The lowest BCUT2D eigenvalue weighted by Crippen LogP contribution is -1.86. The van der Waals surface area contributed by atoms with Gasteiger partial charge in [0.15, 0.2) is 0 Å². The Morgan fingerprint density at radius 3 is 1.41 bits per heavy atom. The Morgan fingerprint density at radius 2 is 1.00 bits per heavy atom. The third kappa shape index (κ3) is 6.62. The molecule has 2 aromatic carbocycles. The third-order valence-corrected chi connectivity index (χ3v) is 2.92. The molecule has 2 aromatic rings. The number of hydrogen-bond acceptors (Lipinski definition) is 2. The van der Waals surface area contributed by atoms with Gasteiger partial charge in [0.1, 0.15) is 0 Å². The van der Waals surface area contributed by atoms with Gasteiger partial charge in [-0.2, -0.15) is 0 Å². The molecule has 0 saturated carbocycles. The number of aliphatic imine (C=N–C) groups is 2. The molecule has 0 radical (unpaired) electrons. The second-order valence-electron chi connectivity index (χ2n) is 4.65. The van der Waals surface area contributed by atoms with Gasteiger partial charge >= 0.3 is 0 Å². The maximum Gasteiger partial charge on any atom is 0.0585 e. The highest BCUT2D eigenvalue weighted by molar-refractivity contribution is 5.79. The van der Waals surface area contributed by atoms with E-state index in [1.54, 1.807) is 0 Å². The number of rotatable bonds is 7. The first kappa shape index (κ1) is 15.6. The van der Waals surface area contributed by atoms with Crippen LogP contribution in [0, 0.1) is 0 Å². The van der Waals surface area contributed by atoms with Crippen LogP contribution in [0.25, 0.3) is 12.2 Å². The van der Waals surface area contributed by atoms with E-state index in [1.165, 1.54) is 11.1 Å². The van der Waals surface area contributed by atoms with Crippen LogP contribution in [0.15, 0.2) is 82.8 Å². The molecule has 0 bridgehead atoms. The summed E-state index contributed by atoms with van der Waals surface area (Å²) in [6, 6.07) is 20.4. The Balaban J connectivity index is 1.62. The van der Waals surface area contributed by atoms with Gasteiger partial charge in [-0.3, -0.25) is 9.98 Å². The van der Waals surface area contributed by atoms with Crippen LogP contribution in [-0.2, 0) is 0 Å². The lowest BCUT2D eigenvalue weighted by molar-refractivity contribution is 0.986. The lowest BCUT2D eigenvalue weighted by Gasteiger charge is -1.89. The van der Waals surface area contributed by atoms with Gasteiger partial charge in [0, 0.05) is 12.4 Å². The van der Waals surface area contributed by atoms with E-state index < -0.39 is 0 Å². The summed E-state index contributed by atoms with van der Waals surface area (Å²) in [5.41, 5.74) is 2.36. The predicted octanol–water partition coefficient (Wildman–Crippen LogP) is 4.55. The molecule has 0 aliphatic carbocycles. The molecule has 0 amide bonds. The summed E-state index contributed by atoms with van der Waals surface area (Å²) in [6.45, 7) is 1.41. The molecule has 0 unspecified atom stereocenters. The second kappa shape index (κ2) is 10.1. The molecule has 2 heteroatoms. The fourth-order valence-electron chi connectivity index (χ4n) is 1.82. The maximum atomic E-state index is 4.29. The molecule has 0 spiro atoms. The molecule has 0 saturated heterocycles. The molecule has 22 heavy (non-hydrogen) atoms. The zero-order valence-electron chi connectivity index (χ0n) is 12.5. The monoisotopic (exact) mass is 288 g/mol. The van der Waals surface area contributed by atoms with E-state index >= 15 is 0 Å². The van der Waals surface area contributed by atoms with Gasteiger partial charge in [0.2, 0.25) is 0 Å². The summed E-state index contributed by atoms with van der Waals surface area (Å²) in [5.74, 6) is 0. The highest BCUT2D eigenvalue weighted by Gasteiger charge is 1.81. The highest BCUT2D eigenvalue weighted by Crippen LogP contribution is 2.00. The van der Waals surface area contributed by atoms with Gasteiger partial charge in [-0.05, 0) is 23.3 Å². The summed E-state index contributed by atoms with van der Waals surface area (Å²) < 4.78 is 0. The summed E-state index contributed by atoms with van der Waals surface area (Å²) in [7, 11) is 0. The fourth-order valence-corrected chi connectivity index (χ4v) is 1.82. The van der Waals surface area contributed by atoms with Gasteiger partial charge in [-0.25, -0.2) is 0 Å². The Hall–Kier alpha value is -2.74. The van der Waals surface area contributed by atoms with E-state index in [-0.39, 0.29) is 0 Å². The molecule has 0 fully saturated rings. The molecule has 110 valence electrons. The minimum Gasteiger partial charge on any atom is -0.291 e. The van der Waals surface area contributed by atoms with Gasteiger partial charge < -0.3 is 0 Å². The number of allylic oxidation sites excluding steroid dienone is 2. The molecule has 0 heterocycles. The molecular formula is C20H20N2. The summed E-state index contributed by atoms with van der Waals surface area (Å²) >= 11 is 0. The highest BCUT2D eigenvalue weighted by atomic mass is 14.8. The average molecular weight is 288 g/mol. The van der Waals surface area contributed by atoms with Gasteiger partial charge in [0.05, 0.1) is 13.1 Å². The zero-order valence-corrected chi connectivity index (χ0v) is 12.5. The first-order chi connectivity index (χ1) is 10.9. The second-order valence-corrected chi connectivity index (χ2v) is 4.65. The lowest BCUT2D eigenvalue weighted by atomic mass is 10.2. The number of benzene rings is 2. The topological polar surface area (TPSA) is 24.7 Å². The van der Waals surface area contributed by atoms with Crippen molar-refractivity contribution in [3.8, 4) is 0 Å². The van der Waals surface area contributed by atoms with Gasteiger partial charge in [-0.1, -0.05) is 72.8 Å². The summed E-state index contributed by atoms with van der Waals surface area (Å²) in [6.07, 6.45) is 11.6. The molecule has 0 aliphatic rings. The van der Waals surface area contributed by atoms with Crippen LogP contribution in [0.4, 0.5) is 0 Å². The van der Waals surface area contributed by atoms with E-state index in [1.807, 2.05) is 73.1 Å². The van der Waals surface area contributed by atoms with Crippen molar-refractivity contribution in [1.29, 1.82) is 0 Å². The van der Waals surface area contributed by atoms with Crippen LogP contribution in [0.5, 0.6) is 0 Å². The van der Waals surface area contributed by atoms with Crippen molar-refractivity contribution in [2.45, 2.75) is 0 Å². The minimum absolute atomic E-state index is 0.703. The molecule has 0 aliphatic heterocycles. The van der Waals surface area contributed by atoms with Gasteiger partial charge in [-0.15, -0.1) is 0 Å². The predicted molar refractivity (Wildman–Crippen MR) is 97.7 cm³/mol. The maximum absolute atomic E-state index is 4.29. The molecular weight excluding hydrogens is 268 g/mol. The smallest absolute Gasteiger partial charge is 0.0585 e. The SMILES string of the molecule is C(=C\c1ccccc1)/C=N/CC/N=C/C=C/c1ccccc1. The molecule has 2 nitrogen and oxygen atoms in total. The quantitative estimate of drug-likeness (QED) is 0.527. The van der Waals surface area contributed by atoms with Crippen LogP contribution < -0.4 is 0 Å². The molecule has 0 N–H and O–H groups in total. The van der Waals surface area contributed by atoms with Gasteiger partial charge in [0.25, 0.3) is 0 Å². The first-order valence-electron chi connectivity index (χ1n) is 7.38. The van der Waals surface area contributed by atoms with Crippen molar-refractivity contribution in [3.63, 3.8) is 0 Å². The third-order valence-electron chi connectivity index (χ3n) is 2.92. The van der Waals surface area contributed by atoms with Crippen LogP contribution in [0.3, 0.4) is 0 Å². The van der Waals surface area contributed by atoms with Crippen LogP contribution in [0.2, 0.25) is 0 Å². The number of hydrogen-bond donors (Lipinski definition) is 0. The van der Waals surface area contributed by atoms with E-state index in [9.17, 15) is 0 Å². The van der Waals surface area contributed by atoms with Crippen molar-refractivity contribution in [3.05, 3.63) is 83.9 Å². The normalized spacial score (nSPS) is 12.2. The minimum atomic E-state index is 0.703. The van der Waals surface area contributed by atoms with Crippen molar-refractivity contribution >= 4 is 24.6 Å². The van der Waals surface area contributed by atoms with Crippen LogP contribution in [-0.4, -0.2) is 25.5 Å². The molecule has 2 rings (SSSR count). The van der Waals surface area contributed by atoms with E-state index in [2.05, 4.69) is 34.3 Å². The Labute approximate surface area is 132 Å². The van der Waals surface area contributed by atoms with E-state index in [0.717, 1.165) is 0 Å². The fraction of sp³-hybridized carbons (Fsp3) is 0.100. The Bertz CT molecular complexity index is 578. The van der Waals surface area contributed by atoms with Crippen molar-refractivity contribution in [1.82, 2.24) is 0 Å². The summed E-state index contributed by atoms with van der Waals surface area (Å²) in [5, 5.41) is 0. The zero-order chi connectivity index (χ0) is 15.3. The summed E-state index contributed by atoms with van der Waals surface area (Å²) in [4.78, 5) is 8.59. The molecule has 0 aromatic heterocycles. The number of nitrogens with zero attached hydrogens (tertiary/aromatic N) is 2. The van der Waals surface area contributed by atoms with Crippen molar-refractivity contribution < 1.29 is 0 Å². The van der Waals surface area contributed by atoms with Crippen molar-refractivity contribution in [2.75, 3.05) is 13.1 Å². The van der Waals surface area contributed by atoms with Crippen LogP contribution in [0.1, 0.15) is 11.1 Å².